The number of aryl methyl sites for hydroxylation is 2. The number of hydrogen-bond acceptors (Lipinski definition) is 6. The molecule has 3 aromatic rings. The summed E-state index contributed by atoms with van der Waals surface area (Å²) >= 11 is 0. The van der Waals surface area contributed by atoms with E-state index in [-0.39, 0.29) is 23.5 Å². The molecule has 2 aromatic heterocycles. The smallest absolute Gasteiger partial charge is 0.315 e. The van der Waals surface area contributed by atoms with Gasteiger partial charge < -0.3 is 14.4 Å². The summed E-state index contributed by atoms with van der Waals surface area (Å²) in [6, 6.07) is 6.82. The van der Waals surface area contributed by atoms with Gasteiger partial charge in [-0.15, -0.1) is 0 Å². The van der Waals surface area contributed by atoms with Gasteiger partial charge in [-0.05, 0) is 37.0 Å². The summed E-state index contributed by atoms with van der Waals surface area (Å²) in [5.74, 6) is -0.744. The van der Waals surface area contributed by atoms with Gasteiger partial charge in [0.1, 0.15) is 0 Å². The SMILES string of the molecule is Cc1cc(C(=O)NC2CCc3cc(-c4noc(C(F)F)n4)ccc32)on1. The minimum absolute atomic E-state index is 0.118. The standard InChI is InChI=1S/C17H14F2N4O3/c1-8-6-13(25-22-8)16(24)20-12-5-3-9-7-10(2-4-11(9)12)15-21-17(14(18)19)26-23-15/h2,4,6-7,12,14H,3,5H2,1H3,(H,20,24). The minimum atomic E-state index is -2.80. The fourth-order valence-corrected chi connectivity index (χ4v) is 3.05. The molecule has 2 heterocycles. The van der Waals surface area contributed by atoms with Gasteiger partial charge in [0, 0.05) is 11.6 Å². The Bertz CT molecular complexity index is 967. The fraction of sp³-hybridized carbons (Fsp3) is 0.294. The summed E-state index contributed by atoms with van der Waals surface area (Å²) in [5, 5.41) is 10.2. The molecule has 1 aromatic carbocycles. The summed E-state index contributed by atoms with van der Waals surface area (Å²) in [5.41, 5.74) is 3.20. The minimum Gasteiger partial charge on any atom is -0.351 e. The molecule has 26 heavy (non-hydrogen) atoms. The van der Waals surface area contributed by atoms with Crippen LogP contribution in [0.25, 0.3) is 11.4 Å². The molecule has 1 aliphatic rings. The molecule has 134 valence electrons. The lowest BCUT2D eigenvalue weighted by Crippen LogP contribution is -2.26. The highest BCUT2D eigenvalue weighted by Gasteiger charge is 2.26. The van der Waals surface area contributed by atoms with E-state index in [2.05, 4.69) is 25.1 Å². The number of nitrogens with one attached hydrogen (secondary N) is 1. The maximum absolute atomic E-state index is 12.6. The number of hydrogen-bond donors (Lipinski definition) is 1. The number of amides is 1. The van der Waals surface area contributed by atoms with Gasteiger partial charge in [0.15, 0.2) is 0 Å². The number of fused-ring (bicyclic) bond motifs is 1. The van der Waals surface area contributed by atoms with Crippen molar-refractivity contribution in [2.45, 2.75) is 32.2 Å². The Hall–Kier alpha value is -3.10. The summed E-state index contributed by atoms with van der Waals surface area (Å²) in [7, 11) is 0. The predicted molar refractivity (Wildman–Crippen MR) is 84.5 cm³/mol. The van der Waals surface area contributed by atoms with Gasteiger partial charge in [0.25, 0.3) is 11.8 Å². The Labute approximate surface area is 146 Å². The molecule has 0 fully saturated rings. The lowest BCUT2D eigenvalue weighted by molar-refractivity contribution is 0.0899. The molecule has 0 aliphatic heterocycles. The molecule has 1 aliphatic carbocycles. The second-order valence-electron chi connectivity index (χ2n) is 6.07. The normalized spacial score (nSPS) is 16.1. The van der Waals surface area contributed by atoms with Crippen LogP contribution in [0.2, 0.25) is 0 Å². The van der Waals surface area contributed by atoms with Crippen molar-refractivity contribution in [2.24, 2.45) is 0 Å². The van der Waals surface area contributed by atoms with Crippen molar-refractivity contribution in [3.63, 3.8) is 0 Å². The van der Waals surface area contributed by atoms with Crippen molar-refractivity contribution >= 4 is 5.91 Å². The molecular formula is C17H14F2N4O3. The number of aromatic nitrogens is 3. The molecule has 1 atom stereocenters. The molecule has 1 N–H and O–H groups in total. The number of alkyl halides is 2. The largest absolute Gasteiger partial charge is 0.351 e. The third-order valence-corrected chi connectivity index (χ3v) is 4.26. The van der Waals surface area contributed by atoms with Crippen molar-refractivity contribution in [2.75, 3.05) is 0 Å². The van der Waals surface area contributed by atoms with E-state index in [1.807, 2.05) is 12.1 Å². The topological polar surface area (TPSA) is 94.1 Å². The Morgan fingerprint density at radius 3 is 2.81 bits per heavy atom. The van der Waals surface area contributed by atoms with Gasteiger partial charge in [-0.3, -0.25) is 4.79 Å². The van der Waals surface area contributed by atoms with Crippen LogP contribution in [0.1, 0.15) is 52.2 Å². The third-order valence-electron chi connectivity index (χ3n) is 4.26. The van der Waals surface area contributed by atoms with E-state index in [9.17, 15) is 13.6 Å². The quantitative estimate of drug-likeness (QED) is 0.766. The molecule has 0 bridgehead atoms. The molecule has 4 rings (SSSR count). The van der Waals surface area contributed by atoms with E-state index >= 15 is 0 Å². The second kappa shape index (κ2) is 6.32. The second-order valence-corrected chi connectivity index (χ2v) is 6.07. The first kappa shape index (κ1) is 16.4. The van der Waals surface area contributed by atoms with E-state index in [0.29, 0.717) is 11.3 Å². The van der Waals surface area contributed by atoms with Crippen molar-refractivity contribution in [1.29, 1.82) is 0 Å². The molecule has 1 amide bonds. The first-order valence-corrected chi connectivity index (χ1v) is 8.00. The number of benzene rings is 1. The zero-order valence-corrected chi connectivity index (χ0v) is 13.7. The van der Waals surface area contributed by atoms with E-state index in [0.717, 1.165) is 24.0 Å². The van der Waals surface area contributed by atoms with E-state index in [1.54, 1.807) is 19.1 Å². The summed E-state index contributed by atoms with van der Waals surface area (Å²) in [6.07, 6.45) is -1.33. The van der Waals surface area contributed by atoms with Crippen LogP contribution in [-0.2, 0) is 6.42 Å². The van der Waals surface area contributed by atoms with Crippen molar-refractivity contribution in [3.05, 3.63) is 52.7 Å². The average molecular weight is 360 g/mol. The highest BCUT2D eigenvalue weighted by molar-refractivity contribution is 5.91. The number of carbonyl (C=O) groups is 1. The lowest BCUT2D eigenvalue weighted by atomic mass is 10.0. The van der Waals surface area contributed by atoms with Crippen LogP contribution in [0.3, 0.4) is 0 Å². The van der Waals surface area contributed by atoms with Crippen LogP contribution >= 0.6 is 0 Å². The lowest BCUT2D eigenvalue weighted by Gasteiger charge is -2.13. The van der Waals surface area contributed by atoms with Gasteiger partial charge in [0.05, 0.1) is 11.7 Å². The number of nitrogens with zero attached hydrogens (tertiary/aromatic N) is 3. The highest BCUT2D eigenvalue weighted by atomic mass is 19.3. The molecule has 0 radical (unpaired) electrons. The van der Waals surface area contributed by atoms with Gasteiger partial charge >= 0.3 is 6.43 Å². The van der Waals surface area contributed by atoms with Gasteiger partial charge in [-0.25, -0.2) is 0 Å². The Balaban J connectivity index is 1.53. The average Bonchev–Trinajstić information content (AvgIpc) is 3.34. The Morgan fingerprint density at radius 1 is 1.27 bits per heavy atom. The predicted octanol–water partition coefficient (Wildman–Crippen LogP) is 3.39. The van der Waals surface area contributed by atoms with E-state index < -0.39 is 12.3 Å². The van der Waals surface area contributed by atoms with E-state index in [1.165, 1.54) is 0 Å². The van der Waals surface area contributed by atoms with Crippen LogP contribution in [0, 0.1) is 6.92 Å². The zero-order chi connectivity index (χ0) is 18.3. The number of carbonyl (C=O) groups excluding carboxylic acids is 1. The first-order chi connectivity index (χ1) is 12.5. The highest BCUT2D eigenvalue weighted by Crippen LogP contribution is 2.34. The third kappa shape index (κ3) is 2.96. The van der Waals surface area contributed by atoms with Crippen LogP contribution in [0.5, 0.6) is 0 Å². The Kier molecular flexibility index (Phi) is 3.98. The monoisotopic (exact) mass is 360 g/mol. The Morgan fingerprint density at radius 2 is 2.12 bits per heavy atom. The van der Waals surface area contributed by atoms with Crippen LogP contribution in [0.15, 0.2) is 33.3 Å². The molecule has 0 saturated heterocycles. The molecule has 9 heteroatoms. The molecule has 1 unspecified atom stereocenters. The first-order valence-electron chi connectivity index (χ1n) is 8.00. The van der Waals surface area contributed by atoms with Gasteiger partial charge in [0.2, 0.25) is 11.6 Å². The maximum Gasteiger partial charge on any atom is 0.315 e. The fourth-order valence-electron chi connectivity index (χ4n) is 3.05. The molecule has 0 spiro atoms. The molecule has 7 nitrogen and oxygen atoms in total. The van der Waals surface area contributed by atoms with Crippen LogP contribution in [0.4, 0.5) is 8.78 Å². The summed E-state index contributed by atoms with van der Waals surface area (Å²) in [6.45, 7) is 1.74. The van der Waals surface area contributed by atoms with Crippen molar-refractivity contribution < 1.29 is 22.6 Å². The molecule has 0 saturated carbocycles. The van der Waals surface area contributed by atoms with Crippen LogP contribution < -0.4 is 5.32 Å². The number of rotatable bonds is 4. The summed E-state index contributed by atoms with van der Waals surface area (Å²) in [4.78, 5) is 15.9. The zero-order valence-electron chi connectivity index (χ0n) is 13.7. The molecular weight excluding hydrogens is 346 g/mol. The summed E-state index contributed by atoms with van der Waals surface area (Å²) < 4.78 is 34.7. The van der Waals surface area contributed by atoms with Crippen molar-refractivity contribution in [1.82, 2.24) is 20.6 Å². The van der Waals surface area contributed by atoms with Crippen LogP contribution in [-0.4, -0.2) is 21.2 Å². The number of halogens is 2. The van der Waals surface area contributed by atoms with Gasteiger partial charge in [-0.1, -0.05) is 22.4 Å². The van der Waals surface area contributed by atoms with Gasteiger partial charge in [-0.2, -0.15) is 13.8 Å². The van der Waals surface area contributed by atoms with Crippen molar-refractivity contribution in [3.8, 4) is 11.4 Å². The maximum atomic E-state index is 12.6. The van der Waals surface area contributed by atoms with E-state index in [4.69, 9.17) is 4.52 Å².